The number of carboxylic acid groups (broad SMARTS) is 1. The highest BCUT2D eigenvalue weighted by atomic mass is 16.4. The molecule has 0 atom stereocenters. The molecule has 1 aromatic heterocycles. The van der Waals surface area contributed by atoms with E-state index in [9.17, 15) is 4.79 Å². The molecule has 4 N–H and O–H groups in total. The standard InChI is InChI=1S/C10H14N2O2/c11-9-8(10(13)14)7(5-12-9)6-3-1-2-4-6/h5-6,12H,1-4,11H2,(H,13,14). The van der Waals surface area contributed by atoms with Gasteiger partial charge in [0.15, 0.2) is 0 Å². The summed E-state index contributed by atoms with van der Waals surface area (Å²) in [5.41, 5.74) is 6.73. The van der Waals surface area contributed by atoms with E-state index in [1.807, 2.05) is 0 Å². The molecular formula is C10H14N2O2. The Morgan fingerprint density at radius 2 is 2.14 bits per heavy atom. The number of nitrogen functional groups attached to an aromatic ring is 1. The minimum atomic E-state index is -0.925. The third-order valence-electron chi connectivity index (χ3n) is 2.95. The Hall–Kier alpha value is -1.45. The maximum Gasteiger partial charge on any atom is 0.339 e. The maximum atomic E-state index is 11.0. The van der Waals surface area contributed by atoms with E-state index in [1.165, 1.54) is 12.8 Å². The summed E-state index contributed by atoms with van der Waals surface area (Å²) >= 11 is 0. The Morgan fingerprint density at radius 1 is 1.50 bits per heavy atom. The molecule has 0 amide bonds. The van der Waals surface area contributed by atoms with E-state index in [0.29, 0.717) is 5.92 Å². The maximum absolute atomic E-state index is 11.0. The van der Waals surface area contributed by atoms with Crippen molar-refractivity contribution in [1.82, 2.24) is 4.98 Å². The van der Waals surface area contributed by atoms with Gasteiger partial charge < -0.3 is 15.8 Å². The van der Waals surface area contributed by atoms with Gasteiger partial charge in [0.1, 0.15) is 11.4 Å². The van der Waals surface area contributed by atoms with Crippen molar-refractivity contribution >= 4 is 11.8 Å². The van der Waals surface area contributed by atoms with Crippen molar-refractivity contribution in [1.29, 1.82) is 0 Å². The molecule has 1 fully saturated rings. The van der Waals surface area contributed by atoms with E-state index in [2.05, 4.69) is 4.98 Å². The van der Waals surface area contributed by atoms with Gasteiger partial charge in [0.25, 0.3) is 0 Å². The largest absolute Gasteiger partial charge is 0.478 e. The molecule has 0 bridgehead atoms. The zero-order valence-electron chi connectivity index (χ0n) is 7.92. The van der Waals surface area contributed by atoms with Crippen LogP contribution < -0.4 is 5.73 Å². The van der Waals surface area contributed by atoms with Crippen LogP contribution in [0, 0.1) is 0 Å². The van der Waals surface area contributed by atoms with Crippen molar-refractivity contribution < 1.29 is 9.90 Å². The number of rotatable bonds is 2. The summed E-state index contributed by atoms with van der Waals surface area (Å²) in [6.07, 6.45) is 6.29. The normalized spacial score (nSPS) is 17.4. The van der Waals surface area contributed by atoms with E-state index < -0.39 is 5.97 Å². The molecule has 0 unspecified atom stereocenters. The number of hydrogen-bond donors (Lipinski definition) is 3. The fourth-order valence-corrected chi connectivity index (χ4v) is 2.25. The second kappa shape index (κ2) is 3.36. The number of carboxylic acids is 1. The first-order chi connectivity index (χ1) is 6.70. The second-order valence-corrected chi connectivity index (χ2v) is 3.82. The predicted octanol–water partition coefficient (Wildman–Crippen LogP) is 1.95. The van der Waals surface area contributed by atoms with Crippen molar-refractivity contribution in [2.75, 3.05) is 5.73 Å². The van der Waals surface area contributed by atoms with Crippen molar-refractivity contribution in [2.45, 2.75) is 31.6 Å². The number of H-pyrrole nitrogens is 1. The van der Waals surface area contributed by atoms with E-state index in [0.717, 1.165) is 18.4 Å². The van der Waals surface area contributed by atoms with Gasteiger partial charge >= 0.3 is 5.97 Å². The molecule has 0 aliphatic heterocycles. The van der Waals surface area contributed by atoms with Gasteiger partial charge in [-0.1, -0.05) is 12.8 Å². The van der Waals surface area contributed by atoms with E-state index in [-0.39, 0.29) is 11.4 Å². The Balaban J connectivity index is 2.37. The lowest BCUT2D eigenvalue weighted by Crippen LogP contribution is -2.05. The molecule has 1 aromatic rings. The quantitative estimate of drug-likeness (QED) is 0.673. The lowest BCUT2D eigenvalue weighted by atomic mass is 9.96. The number of nitrogens with two attached hydrogens (primary N) is 1. The van der Waals surface area contributed by atoms with Gasteiger partial charge in [0, 0.05) is 6.20 Å². The van der Waals surface area contributed by atoms with Crippen LogP contribution in [-0.4, -0.2) is 16.1 Å². The second-order valence-electron chi connectivity index (χ2n) is 3.82. The SMILES string of the molecule is Nc1[nH]cc(C2CCCC2)c1C(=O)O. The van der Waals surface area contributed by atoms with Gasteiger partial charge in [-0.25, -0.2) is 4.79 Å². The average Bonchev–Trinajstić information content (AvgIpc) is 2.70. The minimum absolute atomic E-state index is 0.275. The van der Waals surface area contributed by atoms with Crippen molar-refractivity contribution in [3.05, 3.63) is 17.3 Å². The first-order valence-electron chi connectivity index (χ1n) is 4.90. The third-order valence-corrected chi connectivity index (χ3v) is 2.95. The van der Waals surface area contributed by atoms with Gasteiger partial charge in [-0.15, -0.1) is 0 Å². The molecule has 1 saturated carbocycles. The molecule has 0 spiro atoms. The number of carbonyl (C=O) groups is 1. The van der Waals surface area contributed by atoms with E-state index >= 15 is 0 Å². The van der Waals surface area contributed by atoms with Crippen LogP contribution in [0.15, 0.2) is 6.20 Å². The Bertz CT molecular complexity index is 351. The summed E-state index contributed by atoms with van der Waals surface area (Å²) in [6.45, 7) is 0. The van der Waals surface area contributed by atoms with Crippen LogP contribution in [0.1, 0.15) is 47.5 Å². The topological polar surface area (TPSA) is 79.1 Å². The number of anilines is 1. The van der Waals surface area contributed by atoms with Gasteiger partial charge in [0.05, 0.1) is 0 Å². The molecule has 1 aliphatic carbocycles. The highest BCUT2D eigenvalue weighted by molar-refractivity contribution is 5.94. The molecule has 1 heterocycles. The predicted molar refractivity (Wildman–Crippen MR) is 53.4 cm³/mol. The molecule has 14 heavy (non-hydrogen) atoms. The highest BCUT2D eigenvalue weighted by Crippen LogP contribution is 2.37. The summed E-state index contributed by atoms with van der Waals surface area (Å²) in [6, 6.07) is 0. The number of aromatic nitrogens is 1. The highest BCUT2D eigenvalue weighted by Gasteiger charge is 2.25. The summed E-state index contributed by atoms with van der Waals surface area (Å²) in [7, 11) is 0. The van der Waals surface area contributed by atoms with Crippen LogP contribution in [0.25, 0.3) is 0 Å². The Kier molecular flexibility index (Phi) is 2.19. The van der Waals surface area contributed by atoms with Gasteiger partial charge in [0.2, 0.25) is 0 Å². The average molecular weight is 194 g/mol. The first kappa shape index (κ1) is 9.12. The summed E-state index contributed by atoms with van der Waals surface area (Å²) < 4.78 is 0. The van der Waals surface area contributed by atoms with E-state index in [4.69, 9.17) is 10.8 Å². The summed E-state index contributed by atoms with van der Waals surface area (Å²) in [4.78, 5) is 13.8. The zero-order valence-corrected chi connectivity index (χ0v) is 7.92. The number of aromatic carboxylic acids is 1. The Labute approximate surface area is 82.1 Å². The molecule has 4 heteroatoms. The molecule has 1 aliphatic rings. The fraction of sp³-hybridized carbons (Fsp3) is 0.500. The minimum Gasteiger partial charge on any atom is -0.478 e. The summed E-state index contributed by atoms with van der Waals surface area (Å²) in [5.74, 6) is -0.264. The van der Waals surface area contributed by atoms with Crippen LogP contribution in [0.3, 0.4) is 0 Å². The van der Waals surface area contributed by atoms with Crippen molar-refractivity contribution in [3.8, 4) is 0 Å². The van der Waals surface area contributed by atoms with Crippen molar-refractivity contribution in [3.63, 3.8) is 0 Å². The molecule has 76 valence electrons. The van der Waals surface area contributed by atoms with Crippen LogP contribution in [0.4, 0.5) is 5.82 Å². The van der Waals surface area contributed by atoms with Crippen LogP contribution in [0.5, 0.6) is 0 Å². The lowest BCUT2D eigenvalue weighted by Gasteiger charge is -2.07. The molecule has 0 saturated heterocycles. The van der Waals surface area contributed by atoms with E-state index in [1.54, 1.807) is 6.20 Å². The number of hydrogen-bond acceptors (Lipinski definition) is 2. The van der Waals surface area contributed by atoms with Crippen LogP contribution >= 0.6 is 0 Å². The molecule has 0 aromatic carbocycles. The zero-order chi connectivity index (χ0) is 10.1. The third kappa shape index (κ3) is 1.36. The Morgan fingerprint density at radius 3 is 2.71 bits per heavy atom. The number of aromatic amines is 1. The monoisotopic (exact) mass is 194 g/mol. The summed E-state index contributed by atoms with van der Waals surface area (Å²) in [5, 5.41) is 9.00. The van der Waals surface area contributed by atoms with Crippen LogP contribution in [-0.2, 0) is 0 Å². The van der Waals surface area contributed by atoms with Crippen molar-refractivity contribution in [2.24, 2.45) is 0 Å². The molecule has 4 nitrogen and oxygen atoms in total. The number of nitrogens with one attached hydrogen (secondary N) is 1. The molecule has 0 radical (unpaired) electrons. The van der Waals surface area contributed by atoms with Gasteiger partial charge in [-0.2, -0.15) is 0 Å². The first-order valence-corrected chi connectivity index (χ1v) is 4.90. The smallest absolute Gasteiger partial charge is 0.339 e. The van der Waals surface area contributed by atoms with Crippen LogP contribution in [0.2, 0.25) is 0 Å². The molecule has 2 rings (SSSR count). The fourth-order valence-electron chi connectivity index (χ4n) is 2.25. The lowest BCUT2D eigenvalue weighted by molar-refractivity contribution is 0.0696. The van der Waals surface area contributed by atoms with Gasteiger partial charge in [-0.05, 0) is 24.3 Å². The molecular weight excluding hydrogens is 180 g/mol. The van der Waals surface area contributed by atoms with Gasteiger partial charge in [-0.3, -0.25) is 0 Å².